The molecule has 1 heterocycles. The molecule has 19 heavy (non-hydrogen) atoms. The van der Waals surface area contributed by atoms with E-state index in [9.17, 15) is 0 Å². The van der Waals surface area contributed by atoms with Gasteiger partial charge < -0.3 is 9.47 Å². The van der Waals surface area contributed by atoms with Crippen molar-refractivity contribution in [3.8, 4) is 0 Å². The number of hydrogen-bond acceptors (Lipinski definition) is 2. The van der Waals surface area contributed by atoms with Gasteiger partial charge in [0.05, 0.1) is 24.4 Å². The monoisotopic (exact) mass is 280 g/mol. The molecule has 1 aliphatic heterocycles. The lowest BCUT2D eigenvalue weighted by atomic mass is 9.99. The van der Waals surface area contributed by atoms with Crippen LogP contribution in [-0.2, 0) is 16.1 Å². The van der Waals surface area contributed by atoms with Crippen molar-refractivity contribution in [1.82, 2.24) is 0 Å². The van der Waals surface area contributed by atoms with Crippen LogP contribution in [0.5, 0.6) is 0 Å². The van der Waals surface area contributed by atoms with Crippen LogP contribution in [0, 0.1) is 0 Å². The zero-order valence-corrected chi connectivity index (χ0v) is 12.4. The molecule has 0 saturated carbocycles. The molecular weight excluding hydrogens is 260 g/mol. The molecule has 2 rings (SSSR count). The Morgan fingerprint density at radius 1 is 1.37 bits per heavy atom. The number of rotatable bonds is 5. The van der Waals surface area contributed by atoms with Gasteiger partial charge in [-0.2, -0.15) is 0 Å². The van der Waals surface area contributed by atoms with E-state index in [4.69, 9.17) is 21.1 Å². The van der Waals surface area contributed by atoms with Crippen molar-refractivity contribution in [3.05, 3.63) is 47.5 Å². The first-order chi connectivity index (χ1) is 8.96. The predicted octanol–water partition coefficient (Wildman–Crippen LogP) is 4.37. The molecular formula is C16H21ClO2. The first-order valence-electron chi connectivity index (χ1n) is 6.61. The minimum absolute atomic E-state index is 0.220. The largest absolute Gasteiger partial charge is 0.374 e. The molecule has 2 nitrogen and oxygen atoms in total. The van der Waals surface area contributed by atoms with Crippen LogP contribution in [0.3, 0.4) is 0 Å². The number of hydrogen-bond donors (Lipinski definition) is 0. The van der Waals surface area contributed by atoms with Crippen LogP contribution < -0.4 is 0 Å². The Labute approximate surface area is 120 Å². The summed E-state index contributed by atoms with van der Waals surface area (Å²) in [6.45, 7) is 9.08. The summed E-state index contributed by atoms with van der Waals surface area (Å²) >= 11 is 6.10. The minimum atomic E-state index is -0.232. The van der Waals surface area contributed by atoms with E-state index in [0.717, 1.165) is 23.4 Å². The molecule has 2 atom stereocenters. The highest BCUT2D eigenvalue weighted by atomic mass is 35.5. The summed E-state index contributed by atoms with van der Waals surface area (Å²) in [6.07, 6.45) is 3.85. The van der Waals surface area contributed by atoms with Crippen molar-refractivity contribution in [2.75, 3.05) is 6.61 Å². The van der Waals surface area contributed by atoms with Crippen LogP contribution in [0.2, 0.25) is 5.02 Å². The summed E-state index contributed by atoms with van der Waals surface area (Å²) in [7, 11) is 0. The van der Waals surface area contributed by atoms with Crippen molar-refractivity contribution in [1.29, 1.82) is 0 Å². The van der Waals surface area contributed by atoms with Gasteiger partial charge in [-0.25, -0.2) is 0 Å². The molecule has 104 valence electrons. The van der Waals surface area contributed by atoms with Crippen LogP contribution in [0.4, 0.5) is 0 Å². The third-order valence-corrected chi connectivity index (χ3v) is 4.05. The van der Waals surface area contributed by atoms with Gasteiger partial charge in [0.1, 0.15) is 0 Å². The van der Waals surface area contributed by atoms with E-state index < -0.39 is 0 Å². The fraction of sp³-hybridized carbons (Fsp3) is 0.500. The second-order valence-corrected chi connectivity index (χ2v) is 6.06. The first kappa shape index (κ1) is 14.6. The Hall–Kier alpha value is -0.830. The third-order valence-electron chi connectivity index (χ3n) is 3.68. The highest BCUT2D eigenvalue weighted by Gasteiger charge is 2.41. The normalized spacial score (nSPS) is 30.5. The zero-order valence-electron chi connectivity index (χ0n) is 11.6. The van der Waals surface area contributed by atoms with Gasteiger partial charge in [0, 0.05) is 5.02 Å². The second-order valence-electron chi connectivity index (χ2n) is 5.65. The highest BCUT2D eigenvalue weighted by Crippen LogP contribution is 2.38. The van der Waals surface area contributed by atoms with Crippen molar-refractivity contribution in [3.63, 3.8) is 0 Å². The van der Waals surface area contributed by atoms with E-state index in [1.54, 1.807) is 0 Å². The van der Waals surface area contributed by atoms with Crippen molar-refractivity contribution in [2.24, 2.45) is 0 Å². The van der Waals surface area contributed by atoms with Gasteiger partial charge in [-0.15, -0.1) is 6.58 Å². The molecule has 1 fully saturated rings. The Kier molecular flexibility index (Phi) is 4.34. The Bertz CT molecular complexity index is 460. The van der Waals surface area contributed by atoms with Gasteiger partial charge in [0.25, 0.3) is 0 Å². The molecule has 1 aliphatic rings. The Morgan fingerprint density at radius 3 is 2.74 bits per heavy atom. The molecule has 0 bridgehead atoms. The molecule has 0 N–H and O–H groups in total. The lowest BCUT2D eigenvalue weighted by Crippen LogP contribution is -2.34. The van der Waals surface area contributed by atoms with Crippen LogP contribution in [0.15, 0.2) is 36.9 Å². The average Bonchev–Trinajstić information content (AvgIpc) is 2.69. The van der Waals surface area contributed by atoms with Crippen molar-refractivity contribution in [2.45, 2.75) is 44.5 Å². The van der Waals surface area contributed by atoms with E-state index in [1.165, 1.54) is 0 Å². The predicted molar refractivity (Wildman–Crippen MR) is 78.4 cm³/mol. The minimum Gasteiger partial charge on any atom is -0.374 e. The smallest absolute Gasteiger partial charge is 0.0899 e. The first-order valence-corrected chi connectivity index (χ1v) is 6.99. The molecule has 0 aliphatic carbocycles. The summed E-state index contributed by atoms with van der Waals surface area (Å²) in [5.41, 5.74) is 0.560. The summed E-state index contributed by atoms with van der Waals surface area (Å²) < 4.78 is 11.9. The van der Waals surface area contributed by atoms with Gasteiger partial charge in [-0.3, -0.25) is 0 Å². The van der Waals surface area contributed by atoms with Crippen molar-refractivity contribution < 1.29 is 9.47 Å². The molecule has 0 radical (unpaired) electrons. The molecule has 1 saturated heterocycles. The van der Waals surface area contributed by atoms with E-state index in [2.05, 4.69) is 20.4 Å². The second kappa shape index (κ2) is 5.66. The van der Waals surface area contributed by atoms with Crippen LogP contribution in [0.25, 0.3) is 0 Å². The van der Waals surface area contributed by atoms with Crippen LogP contribution in [0.1, 0.15) is 32.3 Å². The maximum absolute atomic E-state index is 6.10. The van der Waals surface area contributed by atoms with Gasteiger partial charge in [-0.05, 0) is 38.3 Å². The summed E-state index contributed by atoms with van der Waals surface area (Å²) in [4.78, 5) is 0. The van der Waals surface area contributed by atoms with Gasteiger partial charge in [0.15, 0.2) is 0 Å². The zero-order chi connectivity index (χ0) is 13.9. The molecule has 0 spiro atoms. The van der Waals surface area contributed by atoms with Crippen LogP contribution in [-0.4, -0.2) is 17.8 Å². The molecule has 1 aromatic rings. The number of ether oxygens (including phenoxy) is 2. The summed E-state index contributed by atoms with van der Waals surface area (Å²) in [5.74, 6) is 0. The average molecular weight is 281 g/mol. The van der Waals surface area contributed by atoms with Gasteiger partial charge in [-0.1, -0.05) is 35.9 Å². The lowest BCUT2D eigenvalue weighted by molar-refractivity contribution is -0.104. The summed E-state index contributed by atoms with van der Waals surface area (Å²) in [5, 5.41) is 0.746. The van der Waals surface area contributed by atoms with Crippen molar-refractivity contribution >= 4 is 11.6 Å². The standard InChI is InChI=1S/C16H21ClO2/c1-4-15(2)9-10-16(3,19-15)12-18-11-13-7-5-6-8-14(13)17/h4-8H,1,9-12H2,2-3H3. The highest BCUT2D eigenvalue weighted by molar-refractivity contribution is 6.31. The topological polar surface area (TPSA) is 18.5 Å². The lowest BCUT2D eigenvalue weighted by Gasteiger charge is -2.28. The van der Waals surface area contributed by atoms with E-state index in [-0.39, 0.29) is 11.2 Å². The van der Waals surface area contributed by atoms with Gasteiger partial charge >= 0.3 is 0 Å². The van der Waals surface area contributed by atoms with E-state index in [1.807, 2.05) is 30.3 Å². The van der Waals surface area contributed by atoms with Gasteiger partial charge in [0.2, 0.25) is 0 Å². The number of benzene rings is 1. The molecule has 0 amide bonds. The Balaban J connectivity index is 1.87. The Morgan fingerprint density at radius 2 is 2.11 bits per heavy atom. The van der Waals surface area contributed by atoms with E-state index in [0.29, 0.717) is 13.2 Å². The maximum Gasteiger partial charge on any atom is 0.0899 e. The molecule has 1 aromatic carbocycles. The fourth-order valence-corrected chi connectivity index (χ4v) is 2.61. The molecule has 3 heteroatoms. The quantitative estimate of drug-likeness (QED) is 0.746. The van der Waals surface area contributed by atoms with Crippen LogP contribution >= 0.6 is 11.6 Å². The fourth-order valence-electron chi connectivity index (χ4n) is 2.42. The SMILES string of the molecule is C=CC1(C)CCC(C)(COCc2ccccc2Cl)O1. The van der Waals surface area contributed by atoms with E-state index >= 15 is 0 Å². The summed E-state index contributed by atoms with van der Waals surface area (Å²) in [6, 6.07) is 7.74. The third kappa shape index (κ3) is 3.59. The molecule has 0 aromatic heterocycles. The molecule has 2 unspecified atom stereocenters. The maximum atomic E-state index is 6.10. The number of halogens is 1.